The summed E-state index contributed by atoms with van der Waals surface area (Å²) in [4.78, 5) is 83.9. The summed E-state index contributed by atoms with van der Waals surface area (Å²) in [6.07, 6.45) is 4.15. The molecule has 18 heteroatoms. The first-order chi connectivity index (χ1) is 35.0. The number of amides is 5. The average Bonchev–Trinajstić information content (AvgIpc) is 4.04. The number of nitrogens with zero attached hydrogens (tertiary/aromatic N) is 6. The van der Waals surface area contributed by atoms with Gasteiger partial charge in [-0.2, -0.15) is 0 Å². The van der Waals surface area contributed by atoms with E-state index in [1.807, 2.05) is 49.6 Å². The zero-order chi connectivity index (χ0) is 52.3. The van der Waals surface area contributed by atoms with E-state index in [0.717, 1.165) is 42.3 Å². The number of hydrogen-bond donors (Lipinski definition) is 2. The van der Waals surface area contributed by atoms with Gasteiger partial charge in [-0.15, -0.1) is 0 Å². The van der Waals surface area contributed by atoms with Crippen LogP contribution in [-0.2, 0) is 61.7 Å². The number of methoxy groups -OCH3 is 1. The fourth-order valence-electron chi connectivity index (χ4n) is 9.31. The van der Waals surface area contributed by atoms with Crippen molar-refractivity contribution in [2.45, 2.75) is 89.6 Å². The molecule has 2 N–H and O–H groups in total. The van der Waals surface area contributed by atoms with Gasteiger partial charge in [0.1, 0.15) is 35.2 Å². The molecule has 5 atom stereocenters. The second kappa shape index (κ2) is 25.1. The van der Waals surface area contributed by atoms with Gasteiger partial charge in [-0.1, -0.05) is 53.5 Å². The minimum absolute atomic E-state index is 0.0652. The van der Waals surface area contributed by atoms with Crippen molar-refractivity contribution in [3.8, 4) is 22.8 Å². The van der Waals surface area contributed by atoms with Gasteiger partial charge in [0.2, 0.25) is 29.5 Å². The van der Waals surface area contributed by atoms with Crippen molar-refractivity contribution >= 4 is 52.7 Å². The number of hydrogen-bond acceptors (Lipinski definition) is 9. The molecule has 0 bridgehead atoms. The Morgan fingerprint density at radius 2 is 1.42 bits per heavy atom. The number of halogens is 3. The Morgan fingerprint density at radius 3 is 2.11 bits per heavy atom. The zero-order valence-corrected chi connectivity index (χ0v) is 43.8. The van der Waals surface area contributed by atoms with Crippen LogP contribution in [0.1, 0.15) is 62.0 Å². The van der Waals surface area contributed by atoms with Crippen LogP contribution in [0.4, 0.5) is 4.39 Å². The molecular formula is C55H65Cl2FN8O7. The lowest BCUT2D eigenvalue weighted by Gasteiger charge is -2.35. The minimum atomic E-state index is -1.23. The highest BCUT2D eigenvalue weighted by Gasteiger charge is 2.36. The van der Waals surface area contributed by atoms with Crippen LogP contribution in [0.15, 0.2) is 97.2 Å². The molecule has 2 aliphatic heterocycles. The number of likely N-dealkylation sites (tertiary alicyclic amines) is 1. The molecule has 15 nitrogen and oxygen atoms in total. The summed E-state index contributed by atoms with van der Waals surface area (Å²) >= 11 is 12.8. The predicted molar refractivity (Wildman–Crippen MR) is 278 cm³/mol. The monoisotopic (exact) mass is 1040 g/mol. The van der Waals surface area contributed by atoms with Crippen molar-refractivity contribution in [2.24, 2.45) is 13.0 Å². The number of nitrogens with one attached hydrogen (secondary N) is 2. The normalized spacial score (nSPS) is 21.2. The third-order valence-electron chi connectivity index (χ3n) is 14.0. The number of aromatic nitrogens is 2. The lowest BCUT2D eigenvalue weighted by molar-refractivity contribution is -0.147. The van der Waals surface area contributed by atoms with E-state index in [-0.39, 0.29) is 51.3 Å². The Morgan fingerprint density at radius 1 is 0.767 bits per heavy atom. The Labute approximate surface area is 436 Å². The van der Waals surface area contributed by atoms with E-state index < -0.39 is 59.5 Å². The molecule has 0 unspecified atom stereocenters. The molecule has 1 aromatic heterocycles. The maximum absolute atomic E-state index is 15.1. The lowest BCUT2D eigenvalue weighted by atomic mass is 9.93. The summed E-state index contributed by atoms with van der Waals surface area (Å²) in [5.74, 6) is -2.15. The zero-order valence-electron chi connectivity index (χ0n) is 42.3. The van der Waals surface area contributed by atoms with Crippen molar-refractivity contribution in [1.82, 2.24) is 39.8 Å². The highest BCUT2D eigenvalue weighted by Crippen LogP contribution is 2.33. The number of imidazole rings is 1. The predicted octanol–water partition coefficient (Wildman–Crippen LogP) is 7.45. The SMILES string of the molecule is COC[C@@H]1NC(=O)[C@H](C)N(Cc2ccc(Cl)cc2Oc2ccc(-c3cnc(CN4CCCC4)n3C)cc2)C(=O)C[C@@H](Cc2ccc(F)cc2)C(=O)N(C)[C@@H](C)CNC(=O)C[C@H](Cc2ccc(Cl)cc2)N(C)C1=O. The second-order valence-corrected chi connectivity index (χ2v) is 20.0. The topological polar surface area (TPSA) is 159 Å². The van der Waals surface area contributed by atoms with Crippen LogP contribution in [0.25, 0.3) is 11.3 Å². The summed E-state index contributed by atoms with van der Waals surface area (Å²) in [7, 11) is 6.59. The Balaban J connectivity index is 1.21. The van der Waals surface area contributed by atoms with Gasteiger partial charge in [0.05, 0.1) is 37.5 Å². The molecule has 0 aliphatic carbocycles. The number of carbonyl (C=O) groups is 5. The number of carbonyl (C=O) groups excluding carboxylic acids is 5. The van der Waals surface area contributed by atoms with Gasteiger partial charge in [-0.3, -0.25) is 28.9 Å². The smallest absolute Gasteiger partial charge is 0.247 e. The molecule has 2 saturated heterocycles. The molecule has 5 amide bonds. The van der Waals surface area contributed by atoms with Gasteiger partial charge in [0, 0.05) is 80.9 Å². The molecule has 0 saturated carbocycles. The molecule has 4 aromatic carbocycles. The van der Waals surface area contributed by atoms with Crippen molar-refractivity contribution in [2.75, 3.05) is 47.4 Å². The van der Waals surface area contributed by atoms with Gasteiger partial charge in [-0.05, 0) is 124 Å². The summed E-state index contributed by atoms with van der Waals surface area (Å²) < 4.78 is 28.2. The van der Waals surface area contributed by atoms with Crippen molar-refractivity contribution in [1.29, 1.82) is 0 Å². The van der Waals surface area contributed by atoms with Crippen LogP contribution in [0.3, 0.4) is 0 Å². The van der Waals surface area contributed by atoms with Gasteiger partial charge in [0.25, 0.3) is 0 Å². The van der Waals surface area contributed by atoms with Gasteiger partial charge < -0.3 is 39.4 Å². The summed E-state index contributed by atoms with van der Waals surface area (Å²) in [5.41, 5.74) is 3.83. The van der Waals surface area contributed by atoms with Crippen LogP contribution in [0.5, 0.6) is 11.5 Å². The fraction of sp³-hybridized carbons (Fsp3) is 0.418. The van der Waals surface area contributed by atoms with Gasteiger partial charge in [-0.25, -0.2) is 9.37 Å². The fourth-order valence-corrected chi connectivity index (χ4v) is 9.60. The molecule has 5 aromatic rings. The van der Waals surface area contributed by atoms with Gasteiger partial charge in [0.15, 0.2) is 0 Å². The third kappa shape index (κ3) is 14.3. The molecule has 3 heterocycles. The summed E-state index contributed by atoms with van der Waals surface area (Å²) in [6, 6.07) is 21.7. The van der Waals surface area contributed by atoms with Crippen molar-refractivity contribution < 1.29 is 37.8 Å². The van der Waals surface area contributed by atoms with Gasteiger partial charge >= 0.3 is 0 Å². The molecule has 2 fully saturated rings. The Bertz CT molecular complexity index is 2720. The van der Waals surface area contributed by atoms with E-state index in [1.165, 1.54) is 46.8 Å². The highest BCUT2D eigenvalue weighted by molar-refractivity contribution is 6.31. The van der Waals surface area contributed by atoms with E-state index in [4.69, 9.17) is 37.7 Å². The quantitative estimate of drug-likeness (QED) is 0.122. The molecule has 0 spiro atoms. The Kier molecular flexibility index (Phi) is 18.7. The first-order valence-corrected chi connectivity index (χ1v) is 25.4. The van der Waals surface area contributed by atoms with E-state index in [2.05, 4.69) is 20.1 Å². The number of benzene rings is 4. The number of ether oxygens (including phenoxy) is 2. The molecule has 388 valence electrons. The first kappa shape index (κ1) is 54.4. The highest BCUT2D eigenvalue weighted by atomic mass is 35.5. The maximum atomic E-state index is 15.1. The molecular weight excluding hydrogens is 975 g/mol. The third-order valence-corrected chi connectivity index (χ3v) is 14.5. The Hall–Kier alpha value is -6.33. The van der Waals surface area contributed by atoms with E-state index in [9.17, 15) is 23.6 Å². The van der Waals surface area contributed by atoms with E-state index in [1.54, 1.807) is 70.4 Å². The van der Waals surface area contributed by atoms with Crippen LogP contribution < -0.4 is 15.4 Å². The molecule has 2 aliphatic rings. The van der Waals surface area contributed by atoms with Crippen molar-refractivity contribution in [3.63, 3.8) is 0 Å². The van der Waals surface area contributed by atoms with Crippen LogP contribution in [0, 0.1) is 11.7 Å². The van der Waals surface area contributed by atoms with Crippen LogP contribution in [0.2, 0.25) is 10.0 Å². The summed E-state index contributed by atoms with van der Waals surface area (Å²) in [6.45, 7) is 5.92. The standard InChI is InChI=1S/C55H65Cl2FN8O7/c1-35-30-60-51(67)29-45(26-38-9-16-42(56)17-10-38)63(4)55(71)47(34-72-6)61-53(69)36(2)66(52(68)27-41(54(70)62(35)3)25-37-11-19-44(58)20-12-37)32-40-13-18-43(57)28-49(40)73-46-21-14-39(15-22-46)48-31-59-50(64(48)5)33-65-23-7-8-24-65/h9-22,28,31,35-36,41,45,47H,7-8,23-27,29-30,32-34H2,1-6H3,(H,60,67)(H,61,69)/t35-,36-,41+,45-,47-/m0/s1. The minimum Gasteiger partial charge on any atom is -0.457 e. The van der Waals surface area contributed by atoms with Crippen molar-refractivity contribution in [3.05, 3.63) is 136 Å². The van der Waals surface area contributed by atoms with E-state index >= 15 is 4.79 Å². The van der Waals surface area contributed by atoms with E-state index in [0.29, 0.717) is 32.7 Å². The number of likely N-dealkylation sites (N-methyl/N-ethyl adjacent to an activating group) is 2. The van der Waals surface area contributed by atoms with Crippen LogP contribution in [-0.4, -0.2) is 130 Å². The average molecular weight is 1040 g/mol. The largest absolute Gasteiger partial charge is 0.457 e. The molecule has 0 radical (unpaired) electrons. The lowest BCUT2D eigenvalue weighted by Crippen LogP contribution is -2.57. The molecule has 7 rings (SSSR count). The van der Waals surface area contributed by atoms with Crippen LogP contribution >= 0.6 is 23.2 Å². The maximum Gasteiger partial charge on any atom is 0.247 e. The first-order valence-electron chi connectivity index (χ1n) is 24.6. The second-order valence-electron chi connectivity index (χ2n) is 19.2. The number of rotatable bonds is 13. The summed E-state index contributed by atoms with van der Waals surface area (Å²) in [5, 5.41) is 6.66. The molecule has 73 heavy (non-hydrogen) atoms.